The third kappa shape index (κ3) is 7.72. The summed E-state index contributed by atoms with van der Waals surface area (Å²) in [5.74, 6) is 0.947. The highest BCUT2D eigenvalue weighted by atomic mass is 127. The molecule has 3 rings (SSSR count). The fraction of sp³-hybridized carbons (Fsp3) is 0.667. The Morgan fingerprint density at radius 1 is 1.25 bits per heavy atom. The van der Waals surface area contributed by atoms with E-state index in [0.29, 0.717) is 12.6 Å². The van der Waals surface area contributed by atoms with Gasteiger partial charge in [0.25, 0.3) is 0 Å². The maximum absolute atomic E-state index is 5.44. The van der Waals surface area contributed by atoms with Gasteiger partial charge in [0.2, 0.25) is 0 Å². The Kier molecular flexibility index (Phi) is 11.0. The van der Waals surface area contributed by atoms with Crippen LogP contribution in [0, 0.1) is 0 Å². The van der Waals surface area contributed by atoms with Crippen molar-refractivity contribution < 1.29 is 4.74 Å². The van der Waals surface area contributed by atoms with Crippen molar-refractivity contribution in [3.63, 3.8) is 0 Å². The summed E-state index contributed by atoms with van der Waals surface area (Å²) in [5, 5.41) is 7.83. The summed E-state index contributed by atoms with van der Waals surface area (Å²) in [7, 11) is 0. The Morgan fingerprint density at radius 2 is 2.04 bits per heavy atom. The summed E-state index contributed by atoms with van der Waals surface area (Å²) in [6.45, 7) is 8.47. The number of morpholine rings is 1. The number of halogens is 1. The molecule has 2 atom stereocenters. The van der Waals surface area contributed by atoms with Crippen molar-refractivity contribution >= 4 is 41.7 Å². The number of benzene rings is 1. The van der Waals surface area contributed by atoms with Crippen molar-refractivity contribution in [3.8, 4) is 0 Å². The molecule has 2 fully saturated rings. The standard InChI is InChI=1S/C21H34N4OS.HI/c1-3-22-21(24-19-7-8-20(14-19)27-2)23-15-17-5-4-6-18(13-17)16-25-9-11-26-12-10-25;/h4-6,13,19-20H,3,7-12,14-16H2,1-2H3,(H2,22,23,24);1H. The van der Waals surface area contributed by atoms with Crippen LogP contribution in [0.25, 0.3) is 0 Å². The van der Waals surface area contributed by atoms with Crippen LogP contribution < -0.4 is 10.6 Å². The van der Waals surface area contributed by atoms with E-state index in [-0.39, 0.29) is 24.0 Å². The van der Waals surface area contributed by atoms with Gasteiger partial charge in [0.05, 0.1) is 19.8 Å². The first-order chi connectivity index (χ1) is 13.3. The molecule has 1 aliphatic carbocycles. The molecule has 158 valence electrons. The first-order valence-corrected chi connectivity index (χ1v) is 11.5. The predicted molar refractivity (Wildman–Crippen MR) is 131 cm³/mol. The van der Waals surface area contributed by atoms with Crippen LogP contribution in [0.5, 0.6) is 0 Å². The largest absolute Gasteiger partial charge is 0.379 e. The van der Waals surface area contributed by atoms with Crippen molar-refractivity contribution in [1.82, 2.24) is 15.5 Å². The molecule has 1 saturated carbocycles. The van der Waals surface area contributed by atoms with Crippen LogP contribution in [0.15, 0.2) is 29.3 Å². The molecule has 2 aliphatic rings. The number of aliphatic imine (C=N–C) groups is 1. The van der Waals surface area contributed by atoms with Crippen LogP contribution in [-0.2, 0) is 17.8 Å². The lowest BCUT2D eigenvalue weighted by Gasteiger charge is -2.26. The average Bonchev–Trinajstić information content (AvgIpc) is 3.15. The molecule has 2 unspecified atom stereocenters. The van der Waals surface area contributed by atoms with E-state index >= 15 is 0 Å². The Morgan fingerprint density at radius 3 is 2.75 bits per heavy atom. The molecule has 0 radical (unpaired) electrons. The highest BCUT2D eigenvalue weighted by molar-refractivity contribution is 14.0. The topological polar surface area (TPSA) is 48.9 Å². The van der Waals surface area contributed by atoms with Crippen LogP contribution in [0.1, 0.15) is 37.3 Å². The maximum Gasteiger partial charge on any atom is 0.191 e. The minimum atomic E-state index is 0. The highest BCUT2D eigenvalue weighted by Crippen LogP contribution is 2.28. The third-order valence-electron chi connectivity index (χ3n) is 5.32. The highest BCUT2D eigenvalue weighted by Gasteiger charge is 2.24. The lowest BCUT2D eigenvalue weighted by atomic mass is 10.1. The van der Waals surface area contributed by atoms with Crippen molar-refractivity contribution in [2.75, 3.05) is 39.1 Å². The molecule has 1 heterocycles. The fourth-order valence-corrected chi connectivity index (χ4v) is 4.61. The minimum Gasteiger partial charge on any atom is -0.379 e. The van der Waals surface area contributed by atoms with Crippen molar-refractivity contribution in [3.05, 3.63) is 35.4 Å². The summed E-state index contributed by atoms with van der Waals surface area (Å²) in [5.41, 5.74) is 2.63. The number of hydrogen-bond donors (Lipinski definition) is 2. The molecule has 1 aromatic carbocycles. The van der Waals surface area contributed by atoms with Gasteiger partial charge >= 0.3 is 0 Å². The molecule has 1 aromatic rings. The summed E-state index contributed by atoms with van der Waals surface area (Å²) in [4.78, 5) is 7.30. The Bertz CT molecular complexity index is 610. The van der Waals surface area contributed by atoms with Gasteiger partial charge in [-0.25, -0.2) is 4.99 Å². The number of thioether (sulfide) groups is 1. The Balaban J connectivity index is 0.00000280. The molecule has 0 amide bonds. The number of hydrogen-bond acceptors (Lipinski definition) is 4. The zero-order valence-corrected chi connectivity index (χ0v) is 20.3. The second kappa shape index (κ2) is 12.9. The smallest absolute Gasteiger partial charge is 0.191 e. The molecule has 5 nitrogen and oxygen atoms in total. The quantitative estimate of drug-likeness (QED) is 0.329. The van der Waals surface area contributed by atoms with E-state index in [4.69, 9.17) is 9.73 Å². The first kappa shape index (κ1) is 23.8. The zero-order chi connectivity index (χ0) is 18.9. The number of nitrogens with zero attached hydrogens (tertiary/aromatic N) is 2. The summed E-state index contributed by atoms with van der Waals surface area (Å²) in [6.07, 6.45) is 6.00. The molecule has 7 heteroatoms. The van der Waals surface area contributed by atoms with E-state index in [9.17, 15) is 0 Å². The Hall–Kier alpha value is -0.510. The van der Waals surface area contributed by atoms with Gasteiger partial charge in [0.1, 0.15) is 0 Å². The maximum atomic E-state index is 5.44. The zero-order valence-electron chi connectivity index (χ0n) is 17.2. The molecular weight excluding hydrogens is 483 g/mol. The molecule has 0 bridgehead atoms. The summed E-state index contributed by atoms with van der Waals surface area (Å²) in [6, 6.07) is 9.39. The number of rotatable bonds is 7. The average molecular weight is 519 g/mol. The van der Waals surface area contributed by atoms with E-state index < -0.39 is 0 Å². The van der Waals surface area contributed by atoms with Gasteiger partial charge < -0.3 is 15.4 Å². The normalized spacial score (nSPS) is 23.3. The molecule has 2 N–H and O–H groups in total. The van der Waals surface area contributed by atoms with Crippen LogP contribution >= 0.6 is 35.7 Å². The molecule has 28 heavy (non-hydrogen) atoms. The molecule has 0 aromatic heterocycles. The minimum absolute atomic E-state index is 0. The van der Waals surface area contributed by atoms with E-state index in [1.165, 1.54) is 30.4 Å². The second-order valence-corrected chi connectivity index (χ2v) is 8.55. The van der Waals surface area contributed by atoms with Gasteiger partial charge in [0, 0.05) is 37.5 Å². The van der Waals surface area contributed by atoms with Gasteiger partial charge in [-0.05, 0) is 43.6 Å². The summed E-state index contributed by atoms with van der Waals surface area (Å²) >= 11 is 1.99. The van der Waals surface area contributed by atoms with Gasteiger partial charge in [0.15, 0.2) is 5.96 Å². The lowest BCUT2D eigenvalue weighted by molar-refractivity contribution is 0.0342. The van der Waals surface area contributed by atoms with Crippen LogP contribution in [-0.4, -0.2) is 61.3 Å². The first-order valence-electron chi connectivity index (χ1n) is 10.2. The van der Waals surface area contributed by atoms with E-state index in [0.717, 1.165) is 50.6 Å². The van der Waals surface area contributed by atoms with Gasteiger partial charge in [-0.1, -0.05) is 24.3 Å². The van der Waals surface area contributed by atoms with Crippen molar-refractivity contribution in [2.45, 2.75) is 50.6 Å². The monoisotopic (exact) mass is 518 g/mol. The third-order valence-corrected chi connectivity index (χ3v) is 6.42. The fourth-order valence-electron chi connectivity index (χ4n) is 3.81. The lowest BCUT2D eigenvalue weighted by Crippen LogP contribution is -2.42. The SMILES string of the molecule is CCNC(=NCc1cccc(CN2CCOCC2)c1)NC1CCC(SC)C1.I. The van der Waals surface area contributed by atoms with Crippen LogP contribution in [0.4, 0.5) is 0 Å². The van der Waals surface area contributed by atoms with E-state index in [2.05, 4.69) is 53.0 Å². The van der Waals surface area contributed by atoms with Crippen molar-refractivity contribution in [1.29, 1.82) is 0 Å². The number of guanidine groups is 1. The molecule has 1 aliphatic heterocycles. The molecule has 1 saturated heterocycles. The van der Waals surface area contributed by atoms with Crippen molar-refractivity contribution in [2.24, 2.45) is 4.99 Å². The second-order valence-electron chi connectivity index (χ2n) is 7.42. The number of ether oxygens (including phenoxy) is 1. The van der Waals surface area contributed by atoms with Gasteiger partial charge in [-0.2, -0.15) is 11.8 Å². The van der Waals surface area contributed by atoms with Crippen LogP contribution in [0.2, 0.25) is 0 Å². The molecular formula is C21H35IN4OS. The molecule has 0 spiro atoms. The van der Waals surface area contributed by atoms with Gasteiger partial charge in [-0.3, -0.25) is 4.90 Å². The predicted octanol–water partition coefficient (Wildman–Crippen LogP) is 3.48. The Labute approximate surface area is 191 Å². The van der Waals surface area contributed by atoms with E-state index in [1.807, 2.05) is 11.8 Å². The summed E-state index contributed by atoms with van der Waals surface area (Å²) < 4.78 is 5.44. The van der Waals surface area contributed by atoms with Crippen LogP contribution in [0.3, 0.4) is 0 Å². The van der Waals surface area contributed by atoms with E-state index in [1.54, 1.807) is 0 Å². The number of nitrogens with one attached hydrogen (secondary N) is 2. The van der Waals surface area contributed by atoms with Gasteiger partial charge in [-0.15, -0.1) is 24.0 Å².